The zero-order valence-electron chi connectivity index (χ0n) is 9.24. The second-order valence-corrected chi connectivity index (χ2v) is 4.24. The second kappa shape index (κ2) is 5.15. The molecule has 17 heavy (non-hydrogen) atoms. The topological polar surface area (TPSA) is 0 Å². The van der Waals surface area contributed by atoms with Gasteiger partial charge in [0.15, 0.2) is 6.17 Å². The number of allylic oxidation sites excluding steroid dienone is 1. The fourth-order valence-electron chi connectivity index (χ4n) is 1.63. The molecule has 0 heterocycles. The SMILES string of the molecule is C=C(c1ccc(Cl)cc1)C(F)c1ccccc1. The summed E-state index contributed by atoms with van der Waals surface area (Å²) < 4.78 is 14.2. The number of rotatable bonds is 3. The summed E-state index contributed by atoms with van der Waals surface area (Å²) in [5.41, 5.74) is 1.84. The lowest BCUT2D eigenvalue weighted by atomic mass is 9.98. The van der Waals surface area contributed by atoms with Crippen molar-refractivity contribution in [1.29, 1.82) is 0 Å². The highest BCUT2D eigenvalue weighted by Gasteiger charge is 2.14. The van der Waals surface area contributed by atoms with Gasteiger partial charge in [0.1, 0.15) is 0 Å². The summed E-state index contributed by atoms with van der Waals surface area (Å²) in [5, 5.41) is 0.636. The molecule has 0 amide bonds. The Morgan fingerprint density at radius 1 is 1.00 bits per heavy atom. The number of benzene rings is 2. The van der Waals surface area contributed by atoms with E-state index >= 15 is 0 Å². The molecule has 2 heteroatoms. The Morgan fingerprint density at radius 2 is 1.59 bits per heavy atom. The van der Waals surface area contributed by atoms with Crippen LogP contribution in [0.2, 0.25) is 5.02 Å². The average molecular weight is 247 g/mol. The minimum Gasteiger partial charge on any atom is -0.237 e. The first-order chi connectivity index (χ1) is 8.18. The molecule has 0 N–H and O–H groups in total. The van der Waals surface area contributed by atoms with E-state index in [9.17, 15) is 4.39 Å². The van der Waals surface area contributed by atoms with Gasteiger partial charge in [-0.15, -0.1) is 0 Å². The Kier molecular flexibility index (Phi) is 3.60. The third-order valence-electron chi connectivity index (χ3n) is 2.61. The average Bonchev–Trinajstić information content (AvgIpc) is 2.39. The predicted octanol–water partition coefficient (Wildman–Crippen LogP) is 5.06. The highest BCUT2D eigenvalue weighted by atomic mass is 35.5. The van der Waals surface area contributed by atoms with Gasteiger partial charge in [-0.25, -0.2) is 4.39 Å². The van der Waals surface area contributed by atoms with Crippen LogP contribution in [0.15, 0.2) is 61.2 Å². The van der Waals surface area contributed by atoms with Crippen molar-refractivity contribution >= 4 is 17.2 Å². The molecular weight excluding hydrogens is 235 g/mol. The first kappa shape index (κ1) is 11.9. The molecule has 2 aromatic rings. The molecule has 0 fully saturated rings. The quantitative estimate of drug-likeness (QED) is 0.710. The van der Waals surface area contributed by atoms with Crippen molar-refractivity contribution in [2.24, 2.45) is 0 Å². The first-order valence-corrected chi connectivity index (χ1v) is 5.70. The third kappa shape index (κ3) is 2.75. The van der Waals surface area contributed by atoms with E-state index in [1.807, 2.05) is 18.2 Å². The number of alkyl halides is 1. The summed E-state index contributed by atoms with van der Waals surface area (Å²) in [4.78, 5) is 0. The minimum absolute atomic E-state index is 0.452. The molecule has 2 rings (SSSR count). The molecule has 0 nitrogen and oxygen atoms in total. The normalized spacial score (nSPS) is 12.1. The van der Waals surface area contributed by atoms with Gasteiger partial charge in [-0.1, -0.05) is 60.6 Å². The van der Waals surface area contributed by atoms with Crippen LogP contribution in [0.4, 0.5) is 4.39 Å². The van der Waals surface area contributed by atoms with E-state index in [-0.39, 0.29) is 0 Å². The molecule has 0 aromatic heterocycles. The number of halogens is 2. The molecule has 0 saturated carbocycles. The van der Waals surface area contributed by atoms with E-state index in [2.05, 4.69) is 6.58 Å². The van der Waals surface area contributed by atoms with Gasteiger partial charge in [0.05, 0.1) is 0 Å². The van der Waals surface area contributed by atoms with Crippen LogP contribution < -0.4 is 0 Å². The van der Waals surface area contributed by atoms with Gasteiger partial charge >= 0.3 is 0 Å². The zero-order chi connectivity index (χ0) is 12.3. The lowest BCUT2D eigenvalue weighted by Gasteiger charge is -2.12. The van der Waals surface area contributed by atoms with Crippen molar-refractivity contribution in [3.8, 4) is 0 Å². The molecule has 0 aliphatic carbocycles. The molecule has 2 aromatic carbocycles. The molecule has 0 bridgehead atoms. The maximum absolute atomic E-state index is 14.2. The standard InChI is InChI=1S/C15H12ClF/c1-11(12-7-9-14(16)10-8-12)15(17)13-5-3-2-4-6-13/h2-10,15H,1H2. The molecule has 86 valence electrons. The Balaban J connectivity index is 2.23. The molecule has 0 aliphatic heterocycles. The van der Waals surface area contributed by atoms with Gasteiger partial charge < -0.3 is 0 Å². The summed E-state index contributed by atoms with van der Waals surface area (Å²) >= 11 is 5.79. The Hall–Kier alpha value is -1.60. The van der Waals surface area contributed by atoms with E-state index in [0.717, 1.165) is 5.56 Å². The summed E-state index contributed by atoms with van der Waals surface area (Å²) in [6, 6.07) is 16.0. The summed E-state index contributed by atoms with van der Waals surface area (Å²) in [6.45, 7) is 3.81. The Bertz CT molecular complexity index is 502. The van der Waals surface area contributed by atoms with Crippen molar-refractivity contribution in [3.05, 3.63) is 77.3 Å². The van der Waals surface area contributed by atoms with E-state index in [0.29, 0.717) is 16.2 Å². The van der Waals surface area contributed by atoms with Gasteiger partial charge in [0.2, 0.25) is 0 Å². The maximum atomic E-state index is 14.2. The molecule has 1 atom stereocenters. The van der Waals surface area contributed by atoms with Gasteiger partial charge in [-0.05, 0) is 28.8 Å². The first-order valence-electron chi connectivity index (χ1n) is 5.32. The van der Waals surface area contributed by atoms with Crippen molar-refractivity contribution in [1.82, 2.24) is 0 Å². The van der Waals surface area contributed by atoms with Crippen LogP contribution in [0, 0.1) is 0 Å². The van der Waals surface area contributed by atoms with Crippen LogP contribution >= 0.6 is 11.6 Å². The van der Waals surface area contributed by atoms with Crippen molar-refractivity contribution < 1.29 is 4.39 Å². The van der Waals surface area contributed by atoms with Gasteiger partial charge in [0, 0.05) is 5.02 Å². The highest BCUT2D eigenvalue weighted by molar-refractivity contribution is 6.30. The lowest BCUT2D eigenvalue weighted by molar-refractivity contribution is 0.427. The van der Waals surface area contributed by atoms with Crippen molar-refractivity contribution in [2.75, 3.05) is 0 Å². The largest absolute Gasteiger partial charge is 0.237 e. The predicted molar refractivity (Wildman–Crippen MR) is 70.8 cm³/mol. The van der Waals surface area contributed by atoms with Gasteiger partial charge in [-0.2, -0.15) is 0 Å². The van der Waals surface area contributed by atoms with Crippen molar-refractivity contribution in [3.63, 3.8) is 0 Å². The molecule has 1 unspecified atom stereocenters. The van der Waals surface area contributed by atoms with E-state index in [1.54, 1.807) is 36.4 Å². The third-order valence-corrected chi connectivity index (χ3v) is 2.87. The van der Waals surface area contributed by atoms with E-state index < -0.39 is 6.17 Å². The van der Waals surface area contributed by atoms with Crippen LogP contribution in [0.1, 0.15) is 17.3 Å². The monoisotopic (exact) mass is 246 g/mol. The highest BCUT2D eigenvalue weighted by Crippen LogP contribution is 2.32. The van der Waals surface area contributed by atoms with Crippen LogP contribution in [-0.2, 0) is 0 Å². The van der Waals surface area contributed by atoms with Crippen LogP contribution in [0.5, 0.6) is 0 Å². The van der Waals surface area contributed by atoms with E-state index in [1.165, 1.54) is 0 Å². The summed E-state index contributed by atoms with van der Waals surface area (Å²) in [7, 11) is 0. The van der Waals surface area contributed by atoms with Crippen LogP contribution in [-0.4, -0.2) is 0 Å². The second-order valence-electron chi connectivity index (χ2n) is 3.81. The summed E-state index contributed by atoms with van der Waals surface area (Å²) in [6.07, 6.45) is -1.18. The Labute approximate surface area is 105 Å². The maximum Gasteiger partial charge on any atom is 0.150 e. The molecule has 0 saturated heterocycles. The van der Waals surface area contributed by atoms with Crippen LogP contribution in [0.3, 0.4) is 0 Å². The zero-order valence-corrected chi connectivity index (χ0v) is 9.99. The number of hydrogen-bond acceptors (Lipinski definition) is 0. The van der Waals surface area contributed by atoms with Gasteiger partial charge in [-0.3, -0.25) is 0 Å². The van der Waals surface area contributed by atoms with Crippen LogP contribution in [0.25, 0.3) is 5.57 Å². The fourth-order valence-corrected chi connectivity index (χ4v) is 1.76. The number of hydrogen-bond donors (Lipinski definition) is 0. The fraction of sp³-hybridized carbons (Fsp3) is 0.0667. The van der Waals surface area contributed by atoms with Gasteiger partial charge in [0.25, 0.3) is 0 Å². The minimum atomic E-state index is -1.18. The van der Waals surface area contributed by atoms with Crippen molar-refractivity contribution in [2.45, 2.75) is 6.17 Å². The Morgan fingerprint density at radius 3 is 2.18 bits per heavy atom. The smallest absolute Gasteiger partial charge is 0.150 e. The van der Waals surface area contributed by atoms with E-state index in [4.69, 9.17) is 11.6 Å². The summed E-state index contributed by atoms with van der Waals surface area (Å²) in [5.74, 6) is 0. The molecule has 0 radical (unpaired) electrons. The molecule has 0 aliphatic rings. The molecule has 0 spiro atoms. The molecular formula is C15H12ClF. The lowest BCUT2D eigenvalue weighted by Crippen LogP contribution is -1.94.